The highest BCUT2D eigenvalue weighted by molar-refractivity contribution is 5.95. The molecular formula is C21H26N2O2. The fraction of sp³-hybridized carbons (Fsp3) is 0.333. The van der Waals surface area contributed by atoms with E-state index in [0.29, 0.717) is 24.2 Å². The average molecular weight is 338 g/mol. The summed E-state index contributed by atoms with van der Waals surface area (Å²) in [5, 5.41) is 2.88. The lowest BCUT2D eigenvalue weighted by atomic mass is 10.1. The van der Waals surface area contributed by atoms with E-state index in [9.17, 15) is 9.59 Å². The standard InChI is InChI=1S/C21H26N2O2/c1-5-23(20-13-15(2)12-16(3)14-20)11-10-21(25)22-19-8-6-18(7-9-19)17(4)24/h6-9,12-14H,5,10-11H2,1-4H3,(H,22,25). The number of anilines is 2. The van der Waals surface area contributed by atoms with Crippen molar-refractivity contribution in [2.75, 3.05) is 23.3 Å². The average Bonchev–Trinajstić information content (AvgIpc) is 2.55. The molecule has 0 spiro atoms. The molecule has 1 amide bonds. The van der Waals surface area contributed by atoms with E-state index in [1.807, 2.05) is 0 Å². The first-order valence-electron chi connectivity index (χ1n) is 8.63. The van der Waals surface area contributed by atoms with Crippen molar-refractivity contribution in [1.29, 1.82) is 0 Å². The number of nitrogens with zero attached hydrogens (tertiary/aromatic N) is 1. The molecule has 2 aromatic rings. The zero-order chi connectivity index (χ0) is 18.4. The van der Waals surface area contributed by atoms with Gasteiger partial charge in [0, 0.05) is 36.4 Å². The molecule has 1 N–H and O–H groups in total. The number of rotatable bonds is 7. The highest BCUT2D eigenvalue weighted by Gasteiger charge is 2.09. The Morgan fingerprint density at radius 2 is 1.60 bits per heavy atom. The van der Waals surface area contributed by atoms with Gasteiger partial charge in [-0.15, -0.1) is 0 Å². The van der Waals surface area contributed by atoms with Gasteiger partial charge in [0.2, 0.25) is 5.91 Å². The van der Waals surface area contributed by atoms with E-state index in [1.165, 1.54) is 18.1 Å². The van der Waals surface area contributed by atoms with Gasteiger partial charge in [0.15, 0.2) is 5.78 Å². The molecule has 0 aliphatic carbocycles. The van der Waals surface area contributed by atoms with Gasteiger partial charge in [-0.1, -0.05) is 6.07 Å². The fourth-order valence-corrected chi connectivity index (χ4v) is 2.85. The largest absolute Gasteiger partial charge is 0.371 e. The van der Waals surface area contributed by atoms with Gasteiger partial charge in [-0.3, -0.25) is 9.59 Å². The summed E-state index contributed by atoms with van der Waals surface area (Å²) in [5.41, 5.74) is 4.96. The number of amides is 1. The molecule has 4 nitrogen and oxygen atoms in total. The maximum Gasteiger partial charge on any atom is 0.226 e. The van der Waals surface area contributed by atoms with E-state index in [-0.39, 0.29) is 11.7 Å². The van der Waals surface area contributed by atoms with Crippen LogP contribution in [0.5, 0.6) is 0 Å². The Hall–Kier alpha value is -2.62. The first-order valence-corrected chi connectivity index (χ1v) is 8.63. The summed E-state index contributed by atoms with van der Waals surface area (Å²) < 4.78 is 0. The second kappa shape index (κ2) is 8.47. The highest BCUT2D eigenvalue weighted by atomic mass is 16.1. The number of ketones is 1. The summed E-state index contributed by atoms with van der Waals surface area (Å²) in [5.74, 6) is -0.0108. The lowest BCUT2D eigenvalue weighted by molar-refractivity contribution is -0.116. The molecule has 0 atom stereocenters. The maximum absolute atomic E-state index is 12.2. The first-order chi connectivity index (χ1) is 11.9. The van der Waals surface area contributed by atoms with Crippen molar-refractivity contribution in [2.24, 2.45) is 0 Å². The Labute approximate surface area is 149 Å². The van der Waals surface area contributed by atoms with Crippen molar-refractivity contribution in [3.05, 3.63) is 59.2 Å². The molecule has 0 aliphatic heterocycles. The number of nitrogens with one attached hydrogen (secondary N) is 1. The lowest BCUT2D eigenvalue weighted by Gasteiger charge is -2.24. The lowest BCUT2D eigenvalue weighted by Crippen LogP contribution is -2.27. The van der Waals surface area contributed by atoms with Crippen molar-refractivity contribution < 1.29 is 9.59 Å². The third kappa shape index (κ3) is 5.45. The Bertz CT molecular complexity index is 731. The monoisotopic (exact) mass is 338 g/mol. The summed E-state index contributed by atoms with van der Waals surface area (Å²) in [4.78, 5) is 25.7. The van der Waals surface area contributed by atoms with Crippen LogP contribution in [0.25, 0.3) is 0 Å². The van der Waals surface area contributed by atoms with Crippen molar-refractivity contribution in [2.45, 2.75) is 34.1 Å². The Kier molecular flexibility index (Phi) is 6.34. The minimum absolute atomic E-state index is 0.0184. The number of carbonyl (C=O) groups is 2. The molecule has 0 bridgehead atoms. The van der Waals surface area contributed by atoms with Crippen LogP contribution in [-0.4, -0.2) is 24.8 Å². The third-order valence-corrected chi connectivity index (χ3v) is 4.14. The number of hydrogen-bond donors (Lipinski definition) is 1. The first kappa shape index (κ1) is 18.7. The number of carbonyl (C=O) groups excluding carboxylic acids is 2. The molecule has 2 rings (SSSR count). The zero-order valence-corrected chi connectivity index (χ0v) is 15.4. The number of aryl methyl sites for hydroxylation is 2. The molecule has 0 aromatic heterocycles. The molecule has 0 heterocycles. The summed E-state index contributed by atoms with van der Waals surface area (Å²) in [6.07, 6.45) is 0.412. The van der Waals surface area contributed by atoms with Crippen LogP contribution in [0.2, 0.25) is 0 Å². The molecule has 0 fully saturated rings. The van der Waals surface area contributed by atoms with Gasteiger partial charge in [0.1, 0.15) is 0 Å². The van der Waals surface area contributed by atoms with Gasteiger partial charge in [-0.05, 0) is 75.2 Å². The number of Topliss-reactive ketones (excluding diaryl/α,β-unsaturated/α-hetero) is 1. The molecule has 0 unspecified atom stereocenters. The van der Waals surface area contributed by atoms with Crippen molar-refractivity contribution >= 4 is 23.1 Å². The van der Waals surface area contributed by atoms with E-state index in [1.54, 1.807) is 24.3 Å². The summed E-state index contributed by atoms with van der Waals surface area (Å²) >= 11 is 0. The molecule has 0 radical (unpaired) electrons. The molecule has 132 valence electrons. The topological polar surface area (TPSA) is 49.4 Å². The smallest absolute Gasteiger partial charge is 0.226 e. The number of benzene rings is 2. The van der Waals surface area contributed by atoms with Crippen LogP contribution in [0.4, 0.5) is 11.4 Å². The van der Waals surface area contributed by atoms with E-state index < -0.39 is 0 Å². The molecule has 0 saturated carbocycles. The van der Waals surface area contributed by atoms with Crippen LogP contribution in [0, 0.1) is 13.8 Å². The van der Waals surface area contributed by atoms with Gasteiger partial charge in [0.05, 0.1) is 0 Å². The zero-order valence-electron chi connectivity index (χ0n) is 15.4. The minimum Gasteiger partial charge on any atom is -0.371 e. The minimum atomic E-state index is -0.0293. The van der Waals surface area contributed by atoms with Gasteiger partial charge >= 0.3 is 0 Å². The van der Waals surface area contributed by atoms with E-state index in [2.05, 4.69) is 49.2 Å². The summed E-state index contributed by atoms with van der Waals surface area (Å²) in [6, 6.07) is 13.4. The van der Waals surface area contributed by atoms with Crippen LogP contribution in [-0.2, 0) is 4.79 Å². The predicted molar refractivity (Wildman–Crippen MR) is 103 cm³/mol. The van der Waals surface area contributed by atoms with Gasteiger partial charge in [-0.2, -0.15) is 0 Å². The van der Waals surface area contributed by atoms with Crippen molar-refractivity contribution in [3.8, 4) is 0 Å². The van der Waals surface area contributed by atoms with E-state index >= 15 is 0 Å². The molecule has 2 aromatic carbocycles. The van der Waals surface area contributed by atoms with Crippen molar-refractivity contribution in [3.63, 3.8) is 0 Å². The number of hydrogen-bond acceptors (Lipinski definition) is 3. The second-order valence-electron chi connectivity index (χ2n) is 6.36. The normalized spacial score (nSPS) is 10.4. The summed E-state index contributed by atoms with van der Waals surface area (Å²) in [7, 11) is 0. The second-order valence-corrected chi connectivity index (χ2v) is 6.36. The highest BCUT2D eigenvalue weighted by Crippen LogP contribution is 2.19. The van der Waals surface area contributed by atoms with Crippen molar-refractivity contribution in [1.82, 2.24) is 0 Å². The van der Waals surface area contributed by atoms with Gasteiger partial charge < -0.3 is 10.2 Å². The van der Waals surface area contributed by atoms with E-state index in [0.717, 1.165) is 12.2 Å². The predicted octanol–water partition coefficient (Wildman–Crippen LogP) is 4.36. The Morgan fingerprint density at radius 1 is 1.00 bits per heavy atom. The molecule has 4 heteroatoms. The molecular weight excluding hydrogens is 312 g/mol. The van der Waals surface area contributed by atoms with Crippen LogP contribution in [0.3, 0.4) is 0 Å². The van der Waals surface area contributed by atoms with Crippen LogP contribution < -0.4 is 10.2 Å². The maximum atomic E-state index is 12.2. The Balaban J connectivity index is 1.94. The van der Waals surface area contributed by atoms with E-state index in [4.69, 9.17) is 0 Å². The molecule has 0 aliphatic rings. The van der Waals surface area contributed by atoms with Gasteiger partial charge in [-0.25, -0.2) is 0 Å². The summed E-state index contributed by atoms with van der Waals surface area (Å²) in [6.45, 7) is 9.31. The Morgan fingerprint density at radius 3 is 2.12 bits per heavy atom. The van der Waals surface area contributed by atoms with Crippen LogP contribution in [0.1, 0.15) is 41.8 Å². The van der Waals surface area contributed by atoms with Crippen LogP contribution >= 0.6 is 0 Å². The van der Waals surface area contributed by atoms with Crippen LogP contribution in [0.15, 0.2) is 42.5 Å². The molecule has 25 heavy (non-hydrogen) atoms. The fourth-order valence-electron chi connectivity index (χ4n) is 2.85. The van der Waals surface area contributed by atoms with Gasteiger partial charge in [0.25, 0.3) is 0 Å². The quantitative estimate of drug-likeness (QED) is 0.763. The molecule has 0 saturated heterocycles. The third-order valence-electron chi connectivity index (χ3n) is 4.14. The SMILES string of the molecule is CCN(CCC(=O)Nc1ccc(C(C)=O)cc1)c1cc(C)cc(C)c1.